The summed E-state index contributed by atoms with van der Waals surface area (Å²) in [5.74, 6) is 0.381. The van der Waals surface area contributed by atoms with Crippen LogP contribution in [0.4, 0.5) is 19.0 Å². The Bertz CT molecular complexity index is 1250. The van der Waals surface area contributed by atoms with E-state index in [-0.39, 0.29) is 23.4 Å². The van der Waals surface area contributed by atoms with Gasteiger partial charge in [-0.2, -0.15) is 13.2 Å². The van der Waals surface area contributed by atoms with Gasteiger partial charge >= 0.3 is 6.18 Å². The Kier molecular flexibility index (Phi) is 9.65. The molecule has 2 heterocycles. The number of halogens is 4. The number of carbonyl (C=O) groups is 1. The van der Waals surface area contributed by atoms with Gasteiger partial charge in [0.25, 0.3) is 0 Å². The molecule has 1 aliphatic heterocycles. The molecule has 11 heteroatoms. The van der Waals surface area contributed by atoms with Crippen LogP contribution in [0.25, 0.3) is 6.08 Å². The molecule has 0 saturated carbocycles. The summed E-state index contributed by atoms with van der Waals surface area (Å²) in [4.78, 5) is 25.6. The maximum atomic E-state index is 12.9. The molecule has 38 heavy (non-hydrogen) atoms. The minimum Gasteiger partial charge on any atom is -0.354 e. The standard InChI is InChI=1S/C27H27ClF3N5OS/c28-23-17-24(36-14-12-35(13-15-36)11-5-9-20-6-2-1-3-7-20)34-26(33-23)38-19-25(37)32-18-21-8-4-10-22(16-21)27(29,30)31/h1-10,16-17H,11-15,18-19H2,(H,32,37)/b9-5+. The van der Waals surface area contributed by atoms with E-state index in [4.69, 9.17) is 11.6 Å². The van der Waals surface area contributed by atoms with Crippen LogP contribution in [0.3, 0.4) is 0 Å². The number of amides is 1. The van der Waals surface area contributed by atoms with E-state index in [9.17, 15) is 18.0 Å². The van der Waals surface area contributed by atoms with Crippen LogP contribution in [0.5, 0.6) is 0 Å². The molecular formula is C27H27ClF3N5OS. The van der Waals surface area contributed by atoms with Crippen molar-refractivity contribution in [3.8, 4) is 0 Å². The molecule has 0 unspecified atom stereocenters. The predicted molar refractivity (Wildman–Crippen MR) is 145 cm³/mol. The third-order valence-electron chi connectivity index (χ3n) is 5.91. The lowest BCUT2D eigenvalue weighted by Gasteiger charge is -2.35. The number of anilines is 1. The number of aromatic nitrogens is 2. The summed E-state index contributed by atoms with van der Waals surface area (Å²) >= 11 is 7.36. The monoisotopic (exact) mass is 561 g/mol. The number of nitrogens with one attached hydrogen (secondary N) is 1. The zero-order valence-corrected chi connectivity index (χ0v) is 22.1. The molecule has 0 spiro atoms. The number of carbonyl (C=O) groups excluding carboxylic acids is 1. The maximum Gasteiger partial charge on any atom is 0.416 e. The van der Waals surface area contributed by atoms with Crippen LogP contribution in [0, 0.1) is 0 Å². The first-order chi connectivity index (χ1) is 18.3. The van der Waals surface area contributed by atoms with E-state index in [0.717, 1.165) is 56.6 Å². The quantitative estimate of drug-likeness (QED) is 0.215. The molecule has 0 aliphatic carbocycles. The lowest BCUT2D eigenvalue weighted by atomic mass is 10.1. The van der Waals surface area contributed by atoms with E-state index in [1.165, 1.54) is 17.7 Å². The summed E-state index contributed by atoms with van der Waals surface area (Å²) in [6.07, 6.45) is -0.140. The predicted octanol–water partition coefficient (Wildman–Crippen LogP) is 5.39. The van der Waals surface area contributed by atoms with E-state index >= 15 is 0 Å². The van der Waals surface area contributed by atoms with Crippen molar-refractivity contribution in [3.63, 3.8) is 0 Å². The van der Waals surface area contributed by atoms with Crippen LogP contribution in [0.2, 0.25) is 5.15 Å². The van der Waals surface area contributed by atoms with Crippen molar-refractivity contribution >= 4 is 41.2 Å². The largest absolute Gasteiger partial charge is 0.416 e. The molecule has 1 aromatic heterocycles. The van der Waals surface area contributed by atoms with Gasteiger partial charge in [0.05, 0.1) is 11.3 Å². The van der Waals surface area contributed by atoms with Gasteiger partial charge in [-0.05, 0) is 23.3 Å². The van der Waals surface area contributed by atoms with Gasteiger partial charge in [0, 0.05) is 45.3 Å². The lowest BCUT2D eigenvalue weighted by Crippen LogP contribution is -2.46. The molecular weight excluding hydrogens is 535 g/mol. The van der Waals surface area contributed by atoms with Crippen LogP contribution in [0.1, 0.15) is 16.7 Å². The molecule has 4 rings (SSSR count). The summed E-state index contributed by atoms with van der Waals surface area (Å²) in [6, 6.07) is 16.8. The van der Waals surface area contributed by atoms with Gasteiger partial charge in [-0.25, -0.2) is 9.97 Å². The highest BCUT2D eigenvalue weighted by atomic mass is 35.5. The van der Waals surface area contributed by atoms with Gasteiger partial charge in [-0.1, -0.05) is 78.0 Å². The Hall–Kier alpha value is -3.08. The zero-order valence-electron chi connectivity index (χ0n) is 20.5. The molecule has 1 amide bonds. The first-order valence-corrected chi connectivity index (χ1v) is 13.4. The summed E-state index contributed by atoms with van der Waals surface area (Å²) in [7, 11) is 0. The van der Waals surface area contributed by atoms with Crippen molar-refractivity contribution in [2.24, 2.45) is 0 Å². The number of hydrogen-bond acceptors (Lipinski definition) is 6. The Labute approximate surface area is 228 Å². The molecule has 0 atom stereocenters. The number of benzene rings is 2. The first kappa shape index (κ1) is 27.9. The number of nitrogens with zero attached hydrogens (tertiary/aromatic N) is 4. The van der Waals surface area contributed by atoms with E-state index < -0.39 is 11.7 Å². The van der Waals surface area contributed by atoms with Gasteiger partial charge in [0.2, 0.25) is 5.91 Å². The van der Waals surface area contributed by atoms with Gasteiger partial charge in [0.1, 0.15) is 11.0 Å². The summed E-state index contributed by atoms with van der Waals surface area (Å²) in [6.45, 7) is 4.18. The molecule has 1 saturated heterocycles. The van der Waals surface area contributed by atoms with Gasteiger partial charge in [0.15, 0.2) is 5.16 Å². The van der Waals surface area contributed by atoms with Crippen LogP contribution in [-0.2, 0) is 17.5 Å². The Balaban J connectivity index is 1.24. The molecule has 0 radical (unpaired) electrons. The number of alkyl halides is 3. The molecule has 0 bridgehead atoms. The topological polar surface area (TPSA) is 61.4 Å². The molecule has 1 N–H and O–H groups in total. The number of hydrogen-bond donors (Lipinski definition) is 1. The number of rotatable bonds is 9. The highest BCUT2D eigenvalue weighted by Gasteiger charge is 2.30. The van der Waals surface area contributed by atoms with E-state index in [2.05, 4.69) is 49.4 Å². The summed E-state index contributed by atoms with van der Waals surface area (Å²) in [5.41, 5.74) is 0.799. The van der Waals surface area contributed by atoms with Gasteiger partial charge in [-0.15, -0.1) is 0 Å². The fourth-order valence-corrected chi connectivity index (χ4v) is 4.82. The average molecular weight is 562 g/mol. The van der Waals surface area contributed by atoms with Crippen molar-refractivity contribution in [1.29, 1.82) is 0 Å². The van der Waals surface area contributed by atoms with Crippen molar-refractivity contribution in [1.82, 2.24) is 20.2 Å². The van der Waals surface area contributed by atoms with Crippen LogP contribution < -0.4 is 10.2 Å². The second-order valence-electron chi connectivity index (χ2n) is 8.70. The fourth-order valence-electron chi connectivity index (χ4n) is 3.91. The molecule has 3 aromatic rings. The Morgan fingerprint density at radius 1 is 1.03 bits per heavy atom. The number of thioether (sulfide) groups is 1. The van der Waals surface area contributed by atoms with Crippen LogP contribution in [-0.4, -0.2) is 59.3 Å². The van der Waals surface area contributed by atoms with Crippen LogP contribution >= 0.6 is 23.4 Å². The van der Waals surface area contributed by atoms with Gasteiger partial charge in [-0.3, -0.25) is 9.69 Å². The molecule has 1 fully saturated rings. The van der Waals surface area contributed by atoms with Crippen LogP contribution in [0.15, 0.2) is 71.9 Å². The van der Waals surface area contributed by atoms with Crippen molar-refractivity contribution in [2.45, 2.75) is 17.9 Å². The molecule has 6 nitrogen and oxygen atoms in total. The molecule has 2 aromatic carbocycles. The Morgan fingerprint density at radius 2 is 1.79 bits per heavy atom. The normalized spacial score (nSPS) is 14.7. The third kappa shape index (κ3) is 8.47. The van der Waals surface area contributed by atoms with E-state index in [0.29, 0.717) is 16.5 Å². The Morgan fingerprint density at radius 3 is 2.53 bits per heavy atom. The van der Waals surface area contributed by atoms with Gasteiger partial charge < -0.3 is 10.2 Å². The third-order valence-corrected chi connectivity index (χ3v) is 6.95. The van der Waals surface area contributed by atoms with Crippen molar-refractivity contribution in [3.05, 3.63) is 88.6 Å². The average Bonchev–Trinajstić information content (AvgIpc) is 2.91. The smallest absolute Gasteiger partial charge is 0.354 e. The van der Waals surface area contributed by atoms with E-state index in [1.807, 2.05) is 18.2 Å². The SMILES string of the molecule is O=C(CSc1nc(Cl)cc(N2CCN(C/C=C/c3ccccc3)CC2)n1)NCc1cccc(C(F)(F)F)c1. The molecule has 1 aliphatic rings. The van der Waals surface area contributed by atoms with Crippen molar-refractivity contribution < 1.29 is 18.0 Å². The molecule has 200 valence electrons. The minimum atomic E-state index is -4.43. The lowest BCUT2D eigenvalue weighted by molar-refractivity contribution is -0.137. The highest BCUT2D eigenvalue weighted by molar-refractivity contribution is 7.99. The highest BCUT2D eigenvalue weighted by Crippen LogP contribution is 2.29. The minimum absolute atomic E-state index is 0.00419. The second kappa shape index (κ2) is 13.1. The number of piperazine rings is 1. The second-order valence-corrected chi connectivity index (χ2v) is 10.0. The van der Waals surface area contributed by atoms with Crippen molar-refractivity contribution in [2.75, 3.05) is 43.4 Å². The zero-order chi connectivity index (χ0) is 27.0. The summed E-state index contributed by atoms with van der Waals surface area (Å²) in [5, 5.41) is 3.29. The fraction of sp³-hybridized carbons (Fsp3) is 0.296. The van der Waals surface area contributed by atoms with E-state index in [1.54, 1.807) is 6.07 Å². The summed E-state index contributed by atoms with van der Waals surface area (Å²) < 4.78 is 38.6. The first-order valence-electron chi connectivity index (χ1n) is 12.1. The maximum absolute atomic E-state index is 12.9.